The van der Waals surface area contributed by atoms with Crippen LogP contribution in [0.1, 0.15) is 23.1 Å². The van der Waals surface area contributed by atoms with E-state index in [9.17, 15) is 0 Å². The molecule has 0 amide bonds. The van der Waals surface area contributed by atoms with Crippen LogP contribution in [0.15, 0.2) is 53.6 Å². The van der Waals surface area contributed by atoms with Crippen LogP contribution in [-0.2, 0) is 0 Å². The number of benzene rings is 2. The average molecular weight is 250 g/mol. The quantitative estimate of drug-likeness (QED) is 0.788. The number of hydrazone groups is 1. The number of hydrogen-bond donors (Lipinski definition) is 0. The second kappa shape index (κ2) is 4.88. The smallest absolute Gasteiger partial charge is 0.0700 e. The van der Waals surface area contributed by atoms with Gasteiger partial charge in [-0.2, -0.15) is 5.10 Å². The Balaban J connectivity index is 1.84. The Kier molecular flexibility index (Phi) is 3.08. The van der Waals surface area contributed by atoms with E-state index in [0.717, 1.165) is 13.0 Å². The van der Waals surface area contributed by atoms with Crippen LogP contribution in [0.5, 0.6) is 0 Å². The fourth-order valence-electron chi connectivity index (χ4n) is 2.31. The Bertz CT molecular complexity index is 594. The zero-order valence-corrected chi connectivity index (χ0v) is 11.4. The molecule has 0 radical (unpaired) electrons. The molecular formula is C17H18N2. The van der Waals surface area contributed by atoms with Crippen LogP contribution in [0.25, 0.3) is 0 Å². The van der Waals surface area contributed by atoms with E-state index in [0.29, 0.717) is 0 Å². The molecular weight excluding hydrogens is 232 g/mol. The van der Waals surface area contributed by atoms with E-state index in [1.165, 1.54) is 28.1 Å². The minimum Gasteiger partial charge on any atom is -0.265 e. The van der Waals surface area contributed by atoms with Gasteiger partial charge in [-0.25, -0.2) is 0 Å². The van der Waals surface area contributed by atoms with Crippen molar-refractivity contribution in [2.45, 2.75) is 20.3 Å². The van der Waals surface area contributed by atoms with Crippen LogP contribution in [-0.4, -0.2) is 12.3 Å². The van der Waals surface area contributed by atoms with Gasteiger partial charge in [0, 0.05) is 13.0 Å². The van der Waals surface area contributed by atoms with Crippen molar-refractivity contribution >= 4 is 11.4 Å². The Hall–Kier alpha value is -2.09. The molecule has 96 valence electrons. The van der Waals surface area contributed by atoms with Crippen LogP contribution in [0.4, 0.5) is 5.69 Å². The number of hydrogen-bond acceptors (Lipinski definition) is 2. The second-order valence-corrected chi connectivity index (χ2v) is 5.12. The SMILES string of the molecule is Cc1ccc(C2=NN(c3ccc(C)cc3)CC2)cc1. The predicted molar refractivity (Wildman–Crippen MR) is 80.9 cm³/mol. The summed E-state index contributed by atoms with van der Waals surface area (Å²) >= 11 is 0. The van der Waals surface area contributed by atoms with Crippen molar-refractivity contribution in [2.24, 2.45) is 5.10 Å². The van der Waals surface area contributed by atoms with Crippen molar-refractivity contribution in [3.05, 3.63) is 65.2 Å². The van der Waals surface area contributed by atoms with Crippen LogP contribution in [0.2, 0.25) is 0 Å². The molecule has 1 aliphatic rings. The van der Waals surface area contributed by atoms with Gasteiger partial charge in [0.25, 0.3) is 0 Å². The molecule has 0 saturated heterocycles. The first kappa shape index (κ1) is 12.0. The monoisotopic (exact) mass is 250 g/mol. The summed E-state index contributed by atoms with van der Waals surface area (Å²) in [5.74, 6) is 0. The molecule has 3 rings (SSSR count). The van der Waals surface area contributed by atoms with E-state index in [-0.39, 0.29) is 0 Å². The Morgan fingerprint density at radius 3 is 2.05 bits per heavy atom. The highest BCUT2D eigenvalue weighted by atomic mass is 15.5. The minimum atomic E-state index is 0.965. The van der Waals surface area contributed by atoms with E-state index < -0.39 is 0 Å². The highest BCUT2D eigenvalue weighted by Gasteiger charge is 2.16. The number of nitrogens with zero attached hydrogens (tertiary/aromatic N) is 2. The van der Waals surface area contributed by atoms with Gasteiger partial charge in [0.1, 0.15) is 0 Å². The molecule has 0 saturated carbocycles. The highest BCUT2D eigenvalue weighted by molar-refractivity contribution is 6.02. The summed E-state index contributed by atoms with van der Waals surface area (Å²) in [6.45, 7) is 5.18. The summed E-state index contributed by atoms with van der Waals surface area (Å²) in [7, 11) is 0. The van der Waals surface area contributed by atoms with Gasteiger partial charge in [0.15, 0.2) is 0 Å². The molecule has 0 aromatic heterocycles. The molecule has 0 spiro atoms. The standard InChI is InChI=1S/C17H18N2/c1-13-3-7-15(8-4-13)17-11-12-19(18-17)16-9-5-14(2)6-10-16/h3-10H,11-12H2,1-2H3. The fourth-order valence-corrected chi connectivity index (χ4v) is 2.31. The van der Waals surface area contributed by atoms with E-state index in [4.69, 9.17) is 5.10 Å². The lowest BCUT2D eigenvalue weighted by Crippen LogP contribution is -2.11. The van der Waals surface area contributed by atoms with Gasteiger partial charge in [-0.1, -0.05) is 47.5 Å². The van der Waals surface area contributed by atoms with Gasteiger partial charge in [-0.05, 0) is 31.5 Å². The van der Waals surface area contributed by atoms with Crippen molar-refractivity contribution in [2.75, 3.05) is 11.6 Å². The molecule has 1 heterocycles. The maximum Gasteiger partial charge on any atom is 0.0700 e. The number of anilines is 1. The lowest BCUT2D eigenvalue weighted by atomic mass is 10.1. The summed E-state index contributed by atoms with van der Waals surface area (Å²) in [5.41, 5.74) is 6.16. The van der Waals surface area contributed by atoms with Crippen LogP contribution in [0, 0.1) is 13.8 Å². The molecule has 0 aliphatic carbocycles. The van der Waals surface area contributed by atoms with E-state index in [1.807, 2.05) is 0 Å². The Morgan fingerprint density at radius 2 is 1.42 bits per heavy atom. The number of aryl methyl sites for hydroxylation is 2. The largest absolute Gasteiger partial charge is 0.265 e. The molecule has 0 fully saturated rings. The molecule has 19 heavy (non-hydrogen) atoms. The summed E-state index contributed by atoms with van der Waals surface area (Å²) in [5, 5.41) is 6.83. The lowest BCUT2D eigenvalue weighted by Gasteiger charge is -2.13. The van der Waals surface area contributed by atoms with Gasteiger partial charge < -0.3 is 0 Å². The van der Waals surface area contributed by atoms with Gasteiger partial charge in [0.2, 0.25) is 0 Å². The third kappa shape index (κ3) is 2.53. The van der Waals surface area contributed by atoms with Gasteiger partial charge in [-0.15, -0.1) is 0 Å². The topological polar surface area (TPSA) is 15.6 Å². The third-order valence-electron chi connectivity index (χ3n) is 3.52. The first-order chi connectivity index (χ1) is 9.22. The van der Waals surface area contributed by atoms with E-state index >= 15 is 0 Å². The van der Waals surface area contributed by atoms with Crippen molar-refractivity contribution in [3.63, 3.8) is 0 Å². The molecule has 2 nitrogen and oxygen atoms in total. The van der Waals surface area contributed by atoms with Crippen LogP contribution in [0.3, 0.4) is 0 Å². The van der Waals surface area contributed by atoms with Crippen molar-refractivity contribution in [3.8, 4) is 0 Å². The third-order valence-corrected chi connectivity index (χ3v) is 3.52. The van der Waals surface area contributed by atoms with E-state index in [2.05, 4.69) is 67.4 Å². The molecule has 0 N–H and O–H groups in total. The second-order valence-electron chi connectivity index (χ2n) is 5.12. The lowest BCUT2D eigenvalue weighted by molar-refractivity contribution is 0.921. The number of rotatable bonds is 2. The average Bonchev–Trinajstić information content (AvgIpc) is 2.90. The molecule has 1 aliphatic heterocycles. The van der Waals surface area contributed by atoms with Crippen molar-refractivity contribution < 1.29 is 0 Å². The van der Waals surface area contributed by atoms with Gasteiger partial charge in [0.05, 0.1) is 11.4 Å². The molecule has 2 aromatic rings. The minimum absolute atomic E-state index is 0.965. The summed E-state index contributed by atoms with van der Waals surface area (Å²) in [4.78, 5) is 0. The van der Waals surface area contributed by atoms with Gasteiger partial charge in [-0.3, -0.25) is 5.01 Å². The summed E-state index contributed by atoms with van der Waals surface area (Å²) in [6, 6.07) is 17.1. The molecule has 0 atom stereocenters. The summed E-state index contributed by atoms with van der Waals surface area (Å²) in [6.07, 6.45) is 1.01. The molecule has 2 heteroatoms. The Morgan fingerprint density at radius 1 is 0.842 bits per heavy atom. The van der Waals surface area contributed by atoms with Crippen LogP contribution >= 0.6 is 0 Å². The van der Waals surface area contributed by atoms with Crippen molar-refractivity contribution in [1.82, 2.24) is 0 Å². The first-order valence-electron chi connectivity index (χ1n) is 6.71. The normalized spacial score (nSPS) is 14.6. The van der Waals surface area contributed by atoms with Crippen molar-refractivity contribution in [1.29, 1.82) is 0 Å². The molecule has 0 bridgehead atoms. The molecule has 0 unspecified atom stereocenters. The fraction of sp³-hybridized carbons (Fsp3) is 0.235. The zero-order chi connectivity index (χ0) is 13.2. The molecule has 2 aromatic carbocycles. The van der Waals surface area contributed by atoms with E-state index in [1.54, 1.807) is 0 Å². The summed E-state index contributed by atoms with van der Waals surface area (Å²) < 4.78 is 0. The predicted octanol–water partition coefficient (Wildman–Crippen LogP) is 3.92. The Labute approximate surface area is 114 Å². The zero-order valence-electron chi connectivity index (χ0n) is 11.4. The van der Waals surface area contributed by atoms with Crippen LogP contribution < -0.4 is 5.01 Å². The maximum absolute atomic E-state index is 4.74. The highest BCUT2D eigenvalue weighted by Crippen LogP contribution is 2.22. The maximum atomic E-state index is 4.74. The first-order valence-corrected chi connectivity index (χ1v) is 6.71. The van der Waals surface area contributed by atoms with Gasteiger partial charge >= 0.3 is 0 Å².